The van der Waals surface area contributed by atoms with Crippen molar-refractivity contribution in [1.29, 1.82) is 0 Å². The molecule has 1 aromatic carbocycles. The lowest BCUT2D eigenvalue weighted by Gasteiger charge is -2.09. The van der Waals surface area contributed by atoms with Gasteiger partial charge in [-0.25, -0.2) is 4.98 Å². The number of aromatic nitrogens is 2. The number of rotatable bonds is 7. The molecule has 0 bridgehead atoms. The number of benzene rings is 1. The van der Waals surface area contributed by atoms with Crippen molar-refractivity contribution in [3.8, 4) is 10.7 Å². The van der Waals surface area contributed by atoms with Crippen LogP contribution in [0.25, 0.3) is 21.6 Å². The van der Waals surface area contributed by atoms with Crippen LogP contribution in [-0.2, 0) is 16.0 Å². The quantitative estimate of drug-likeness (QED) is 0.678. The Kier molecular flexibility index (Phi) is 5.52. The van der Waals surface area contributed by atoms with Crippen LogP contribution in [0, 0.1) is 0 Å². The van der Waals surface area contributed by atoms with Crippen LogP contribution in [0.2, 0.25) is 0 Å². The standard InChI is InChI=1S/C20H23N3O3S/c1-25-10-8-23-17-7-3-2-5-14(17)11-18(23)20-22-16(13-27-20)19(24)21-12-15-6-4-9-26-15/h2-3,5,7,11,13,15H,4,6,8-10,12H2,1H3,(H,21,24)/t15-/m1/s1. The smallest absolute Gasteiger partial charge is 0.270 e. The molecule has 4 rings (SSSR count). The molecular formula is C20H23N3O3S. The molecule has 1 atom stereocenters. The van der Waals surface area contributed by atoms with Gasteiger partial charge in [0.2, 0.25) is 0 Å². The lowest BCUT2D eigenvalue weighted by Crippen LogP contribution is -2.31. The number of para-hydroxylation sites is 1. The fourth-order valence-corrected chi connectivity index (χ4v) is 4.23. The number of nitrogens with one attached hydrogen (secondary N) is 1. The molecule has 27 heavy (non-hydrogen) atoms. The molecule has 2 aromatic heterocycles. The second kappa shape index (κ2) is 8.21. The molecule has 1 aliphatic rings. The van der Waals surface area contributed by atoms with E-state index in [1.165, 1.54) is 11.3 Å². The van der Waals surface area contributed by atoms with Gasteiger partial charge in [-0.05, 0) is 25.0 Å². The van der Waals surface area contributed by atoms with E-state index in [2.05, 4.69) is 33.1 Å². The zero-order chi connectivity index (χ0) is 18.6. The van der Waals surface area contributed by atoms with Gasteiger partial charge in [0, 0.05) is 43.1 Å². The van der Waals surface area contributed by atoms with Crippen molar-refractivity contribution in [2.75, 3.05) is 26.9 Å². The molecule has 0 spiro atoms. The molecule has 142 valence electrons. The highest BCUT2D eigenvalue weighted by Crippen LogP contribution is 2.30. The molecule has 1 fully saturated rings. The minimum atomic E-state index is -0.146. The summed E-state index contributed by atoms with van der Waals surface area (Å²) < 4.78 is 13.0. The Hall–Kier alpha value is -2.22. The van der Waals surface area contributed by atoms with E-state index in [0.717, 1.165) is 47.6 Å². The first-order chi connectivity index (χ1) is 13.3. The van der Waals surface area contributed by atoms with Crippen LogP contribution >= 0.6 is 11.3 Å². The number of hydrogen-bond acceptors (Lipinski definition) is 5. The van der Waals surface area contributed by atoms with E-state index >= 15 is 0 Å². The van der Waals surface area contributed by atoms with Gasteiger partial charge in [-0.3, -0.25) is 4.79 Å². The summed E-state index contributed by atoms with van der Waals surface area (Å²) in [5.74, 6) is -0.146. The van der Waals surface area contributed by atoms with Crippen LogP contribution in [0.4, 0.5) is 0 Å². The molecule has 7 heteroatoms. The second-order valence-electron chi connectivity index (χ2n) is 6.62. The molecule has 0 saturated carbocycles. The van der Waals surface area contributed by atoms with E-state index in [0.29, 0.717) is 18.8 Å². The fourth-order valence-electron chi connectivity index (χ4n) is 3.41. The number of carbonyl (C=O) groups excluding carboxylic acids is 1. The van der Waals surface area contributed by atoms with E-state index in [4.69, 9.17) is 9.47 Å². The van der Waals surface area contributed by atoms with Gasteiger partial charge in [0.05, 0.1) is 18.4 Å². The maximum absolute atomic E-state index is 12.4. The minimum Gasteiger partial charge on any atom is -0.383 e. The van der Waals surface area contributed by atoms with Gasteiger partial charge in [0.1, 0.15) is 10.7 Å². The number of ether oxygens (including phenoxy) is 2. The Bertz CT molecular complexity index is 928. The van der Waals surface area contributed by atoms with Gasteiger partial charge < -0.3 is 19.4 Å². The fraction of sp³-hybridized carbons (Fsp3) is 0.400. The maximum atomic E-state index is 12.4. The third kappa shape index (κ3) is 3.90. The van der Waals surface area contributed by atoms with Crippen LogP contribution < -0.4 is 5.32 Å². The Balaban J connectivity index is 1.56. The molecule has 0 unspecified atom stereocenters. The maximum Gasteiger partial charge on any atom is 0.270 e. The number of nitrogens with zero attached hydrogens (tertiary/aromatic N) is 2. The predicted octanol–water partition coefficient (Wildman–Crippen LogP) is 3.32. The van der Waals surface area contributed by atoms with Gasteiger partial charge in [0.25, 0.3) is 5.91 Å². The average molecular weight is 385 g/mol. The molecule has 6 nitrogen and oxygen atoms in total. The van der Waals surface area contributed by atoms with Crippen LogP contribution in [-0.4, -0.2) is 48.4 Å². The number of fused-ring (bicyclic) bond motifs is 1. The van der Waals surface area contributed by atoms with E-state index < -0.39 is 0 Å². The van der Waals surface area contributed by atoms with Crippen LogP contribution in [0.15, 0.2) is 35.7 Å². The zero-order valence-corrected chi connectivity index (χ0v) is 16.1. The van der Waals surface area contributed by atoms with E-state index in [1.807, 2.05) is 17.5 Å². The van der Waals surface area contributed by atoms with Crippen molar-refractivity contribution in [2.45, 2.75) is 25.5 Å². The summed E-state index contributed by atoms with van der Waals surface area (Å²) in [5, 5.41) is 6.75. The van der Waals surface area contributed by atoms with Crippen molar-refractivity contribution >= 4 is 28.1 Å². The molecule has 3 heterocycles. The Morgan fingerprint density at radius 1 is 1.44 bits per heavy atom. The Morgan fingerprint density at radius 3 is 3.15 bits per heavy atom. The average Bonchev–Trinajstić information content (AvgIpc) is 3.44. The van der Waals surface area contributed by atoms with Crippen molar-refractivity contribution in [3.05, 3.63) is 41.4 Å². The Labute approximate surface area is 162 Å². The number of thiazole rings is 1. The number of amides is 1. The van der Waals surface area contributed by atoms with Crippen LogP contribution in [0.5, 0.6) is 0 Å². The highest BCUT2D eigenvalue weighted by molar-refractivity contribution is 7.13. The number of methoxy groups -OCH3 is 1. The zero-order valence-electron chi connectivity index (χ0n) is 15.3. The highest BCUT2D eigenvalue weighted by Gasteiger charge is 2.19. The van der Waals surface area contributed by atoms with Gasteiger partial charge in [0.15, 0.2) is 0 Å². The molecule has 1 saturated heterocycles. The summed E-state index contributed by atoms with van der Waals surface area (Å²) in [6.07, 6.45) is 2.19. The number of carbonyl (C=O) groups is 1. The van der Waals surface area contributed by atoms with Gasteiger partial charge in [-0.1, -0.05) is 18.2 Å². The molecule has 0 aliphatic carbocycles. The SMILES string of the molecule is COCCn1c(-c2nc(C(=O)NC[C@H]3CCCO3)cs2)cc2ccccc21. The van der Waals surface area contributed by atoms with Crippen molar-refractivity contribution in [3.63, 3.8) is 0 Å². The summed E-state index contributed by atoms with van der Waals surface area (Å²) in [6.45, 7) is 2.68. The molecule has 1 aliphatic heterocycles. The normalized spacial score (nSPS) is 16.9. The molecule has 1 N–H and O–H groups in total. The van der Waals surface area contributed by atoms with Crippen molar-refractivity contribution in [1.82, 2.24) is 14.9 Å². The lowest BCUT2D eigenvalue weighted by molar-refractivity contribution is 0.0854. The summed E-state index contributed by atoms with van der Waals surface area (Å²) in [5.41, 5.74) is 2.61. The van der Waals surface area contributed by atoms with Crippen LogP contribution in [0.3, 0.4) is 0 Å². The summed E-state index contributed by atoms with van der Waals surface area (Å²) in [4.78, 5) is 17.0. The van der Waals surface area contributed by atoms with Gasteiger partial charge in [-0.2, -0.15) is 0 Å². The predicted molar refractivity (Wildman–Crippen MR) is 106 cm³/mol. The van der Waals surface area contributed by atoms with Crippen molar-refractivity contribution in [2.24, 2.45) is 0 Å². The molecular weight excluding hydrogens is 362 g/mol. The third-order valence-corrected chi connectivity index (χ3v) is 5.66. The van der Waals surface area contributed by atoms with E-state index in [9.17, 15) is 4.79 Å². The number of hydrogen-bond donors (Lipinski definition) is 1. The highest BCUT2D eigenvalue weighted by atomic mass is 32.1. The summed E-state index contributed by atoms with van der Waals surface area (Å²) >= 11 is 1.49. The van der Waals surface area contributed by atoms with Gasteiger partial charge in [-0.15, -0.1) is 11.3 Å². The second-order valence-corrected chi connectivity index (χ2v) is 7.47. The van der Waals surface area contributed by atoms with E-state index in [-0.39, 0.29) is 12.0 Å². The van der Waals surface area contributed by atoms with Gasteiger partial charge >= 0.3 is 0 Å². The van der Waals surface area contributed by atoms with Crippen LogP contribution in [0.1, 0.15) is 23.3 Å². The first kappa shape index (κ1) is 18.2. The molecule has 1 amide bonds. The molecule has 3 aromatic rings. The largest absolute Gasteiger partial charge is 0.383 e. The summed E-state index contributed by atoms with van der Waals surface area (Å²) in [7, 11) is 1.70. The first-order valence-electron chi connectivity index (χ1n) is 9.19. The lowest BCUT2D eigenvalue weighted by atomic mass is 10.2. The van der Waals surface area contributed by atoms with Crippen molar-refractivity contribution < 1.29 is 14.3 Å². The summed E-state index contributed by atoms with van der Waals surface area (Å²) in [6, 6.07) is 10.4. The first-order valence-corrected chi connectivity index (χ1v) is 10.1. The molecule has 0 radical (unpaired) electrons. The Morgan fingerprint density at radius 2 is 2.33 bits per heavy atom. The monoisotopic (exact) mass is 385 g/mol. The van der Waals surface area contributed by atoms with E-state index in [1.54, 1.807) is 7.11 Å². The third-order valence-electron chi connectivity index (χ3n) is 4.80. The minimum absolute atomic E-state index is 0.128. The topological polar surface area (TPSA) is 65.4 Å².